The van der Waals surface area contributed by atoms with Gasteiger partial charge in [-0.1, -0.05) is 272 Å². The van der Waals surface area contributed by atoms with Crippen molar-refractivity contribution < 1.29 is 13.3 Å². The Kier molecular flexibility index (Phi) is 13.9. The molecule has 0 saturated heterocycles. The lowest BCUT2D eigenvalue weighted by molar-refractivity contribution is 0.657. The summed E-state index contributed by atoms with van der Waals surface area (Å²) in [5.74, 6) is 3.76. The van der Waals surface area contributed by atoms with Crippen LogP contribution in [0.4, 0.5) is 0 Å². The van der Waals surface area contributed by atoms with Gasteiger partial charge in [-0.25, -0.2) is 29.9 Å². The molecule has 0 atom stereocenters. The second-order valence-corrected chi connectivity index (χ2v) is 30.4. The molecule has 512 valence electrons. The highest BCUT2D eigenvalue weighted by Gasteiger charge is 2.40. The van der Waals surface area contributed by atoms with Crippen LogP contribution in [0.5, 0.6) is 0 Å². The van der Waals surface area contributed by atoms with Crippen LogP contribution in [-0.4, -0.2) is 29.9 Å². The van der Waals surface area contributed by atoms with E-state index in [2.05, 4.69) is 266 Å². The maximum atomic E-state index is 6.61. The van der Waals surface area contributed by atoms with Crippen molar-refractivity contribution in [2.45, 2.75) is 57.8 Å². The molecule has 0 N–H and O–H groups in total. The summed E-state index contributed by atoms with van der Waals surface area (Å²) in [5.41, 5.74) is 30.4. The van der Waals surface area contributed by atoms with Crippen LogP contribution in [0.25, 0.3) is 190 Å². The van der Waals surface area contributed by atoms with Gasteiger partial charge in [0.15, 0.2) is 34.9 Å². The van der Waals surface area contributed by atoms with E-state index in [1.807, 2.05) is 78.9 Å². The largest absolute Gasteiger partial charge is 0.456 e. The number of fused-ring (bicyclic) bond motifs is 18. The average molecular weight is 1390 g/mol. The number of para-hydroxylation sites is 1. The molecular weight excluding hydrogens is 1320 g/mol. The number of hydrogen-bond donors (Lipinski definition) is 0. The molecule has 19 aromatic rings. The van der Waals surface area contributed by atoms with Crippen LogP contribution in [-0.2, 0) is 16.2 Å². The van der Waals surface area contributed by atoms with Crippen molar-refractivity contribution in [1.29, 1.82) is 0 Å². The molecule has 0 aliphatic heterocycles. The Labute approximate surface area is 623 Å². The van der Waals surface area contributed by atoms with Crippen LogP contribution < -0.4 is 0 Å². The molecule has 0 bridgehead atoms. The van der Waals surface area contributed by atoms with Gasteiger partial charge in [0.2, 0.25) is 0 Å². The standard InChI is InChI=1S/C51H37N3O.C48H31N3O2/c1-50(2)41-22-11-9-19-36(41)46-37(20-13-23-42(46)50)49-53-47(30-14-6-5-7-15-30)52-48(54-49)33-17-12-16-31(26-33)32-24-25-35-39-28-43-38(29-45(39)55-44(35)27-32)34-18-8-10-21-40(34)51(43,3)4;1-48(2)38-19-8-6-16-32(38)36-27-43-37(26-39(36)48)33-23-22-30(25-42(33)53-43)29-14-10-15-31(24-29)46-49-45(28-12-4-3-5-13-28)50-47(51-46)35-18-11-21-41-44(35)34-17-7-9-20-40(34)52-41/h5-29H,1-4H3;3-27H,1-2H3. The lowest BCUT2D eigenvalue weighted by atomic mass is 9.82. The predicted octanol–water partition coefficient (Wildman–Crippen LogP) is 25.7. The molecule has 0 saturated carbocycles. The predicted molar refractivity (Wildman–Crippen MR) is 438 cm³/mol. The van der Waals surface area contributed by atoms with Gasteiger partial charge in [0.25, 0.3) is 0 Å². The number of benzene rings is 14. The maximum absolute atomic E-state index is 6.61. The first-order chi connectivity index (χ1) is 52.7. The molecule has 9 nitrogen and oxygen atoms in total. The van der Waals surface area contributed by atoms with Crippen LogP contribution in [0, 0.1) is 0 Å². The van der Waals surface area contributed by atoms with Gasteiger partial charge in [-0.2, -0.15) is 0 Å². The normalized spacial score (nSPS) is 13.9. The minimum atomic E-state index is -0.128. The Morgan fingerprint density at radius 1 is 0.194 bits per heavy atom. The van der Waals surface area contributed by atoms with Crippen LogP contribution in [0.1, 0.15) is 74.9 Å². The molecule has 5 aromatic heterocycles. The van der Waals surface area contributed by atoms with Gasteiger partial charge in [0, 0.05) is 81.9 Å². The molecule has 22 rings (SSSR count). The molecule has 3 aliphatic rings. The van der Waals surface area contributed by atoms with E-state index in [0.29, 0.717) is 34.9 Å². The third-order valence-electron chi connectivity index (χ3n) is 23.1. The van der Waals surface area contributed by atoms with E-state index in [0.717, 1.165) is 121 Å². The summed E-state index contributed by atoms with van der Waals surface area (Å²) in [5, 5.41) is 6.56. The first-order valence-corrected chi connectivity index (χ1v) is 37.0. The lowest BCUT2D eigenvalue weighted by Gasteiger charge is -2.21. The molecule has 14 aromatic carbocycles. The number of rotatable bonds is 8. The van der Waals surface area contributed by atoms with Crippen LogP contribution in [0.15, 0.2) is 317 Å². The molecule has 3 aliphatic carbocycles. The molecule has 0 spiro atoms. The lowest BCUT2D eigenvalue weighted by Crippen LogP contribution is -2.14. The Morgan fingerprint density at radius 3 is 1.09 bits per heavy atom. The van der Waals surface area contributed by atoms with Crippen LogP contribution in [0.3, 0.4) is 0 Å². The van der Waals surface area contributed by atoms with Gasteiger partial charge >= 0.3 is 0 Å². The van der Waals surface area contributed by atoms with Gasteiger partial charge in [-0.15, -0.1) is 0 Å². The van der Waals surface area contributed by atoms with E-state index in [1.54, 1.807) is 0 Å². The minimum Gasteiger partial charge on any atom is -0.456 e. The van der Waals surface area contributed by atoms with E-state index in [1.165, 1.54) is 66.8 Å². The van der Waals surface area contributed by atoms with Crippen molar-refractivity contribution in [2.75, 3.05) is 0 Å². The monoisotopic (exact) mass is 1390 g/mol. The van der Waals surface area contributed by atoms with Crippen LogP contribution >= 0.6 is 0 Å². The Hall–Kier alpha value is -13.5. The maximum Gasteiger partial charge on any atom is 0.164 e. The molecule has 9 heteroatoms. The second kappa shape index (κ2) is 23.8. The van der Waals surface area contributed by atoms with Crippen molar-refractivity contribution in [3.63, 3.8) is 0 Å². The molecule has 0 fully saturated rings. The van der Waals surface area contributed by atoms with Gasteiger partial charge in [-0.05, 0) is 162 Å². The molecular formula is C99H68N6O3. The number of furan rings is 3. The van der Waals surface area contributed by atoms with E-state index in [4.69, 9.17) is 43.2 Å². The summed E-state index contributed by atoms with van der Waals surface area (Å²) < 4.78 is 19.4. The van der Waals surface area contributed by atoms with Gasteiger partial charge in [0.05, 0.1) is 0 Å². The third-order valence-corrected chi connectivity index (χ3v) is 23.1. The average Bonchev–Trinajstić information content (AvgIpc) is 1.57. The Morgan fingerprint density at radius 2 is 0.546 bits per heavy atom. The molecule has 0 amide bonds. The first kappa shape index (κ1) is 63.0. The van der Waals surface area contributed by atoms with E-state index >= 15 is 0 Å². The van der Waals surface area contributed by atoms with Crippen molar-refractivity contribution >= 4 is 65.8 Å². The number of hydrogen-bond acceptors (Lipinski definition) is 9. The highest BCUT2D eigenvalue weighted by atomic mass is 16.3. The van der Waals surface area contributed by atoms with Crippen LogP contribution in [0.2, 0.25) is 0 Å². The highest BCUT2D eigenvalue weighted by molar-refractivity contribution is 6.13. The first-order valence-electron chi connectivity index (χ1n) is 37.0. The van der Waals surface area contributed by atoms with Gasteiger partial charge in [0.1, 0.15) is 33.5 Å². The van der Waals surface area contributed by atoms with E-state index < -0.39 is 0 Å². The van der Waals surface area contributed by atoms with Gasteiger partial charge < -0.3 is 13.3 Å². The van der Waals surface area contributed by atoms with Crippen molar-refractivity contribution in [2.24, 2.45) is 0 Å². The van der Waals surface area contributed by atoms with Crippen molar-refractivity contribution in [1.82, 2.24) is 29.9 Å². The summed E-state index contributed by atoms with van der Waals surface area (Å²) in [6.45, 7) is 13.9. The summed E-state index contributed by atoms with van der Waals surface area (Å²) in [6, 6.07) is 106. The summed E-state index contributed by atoms with van der Waals surface area (Å²) in [4.78, 5) is 30.7. The topological polar surface area (TPSA) is 117 Å². The fourth-order valence-corrected chi connectivity index (χ4v) is 17.6. The molecule has 0 radical (unpaired) electrons. The molecule has 5 heterocycles. The number of nitrogens with zero attached hydrogens (tertiary/aromatic N) is 6. The zero-order valence-electron chi connectivity index (χ0n) is 60.3. The Bertz CT molecular complexity index is 6980. The third kappa shape index (κ3) is 9.84. The summed E-state index contributed by atoms with van der Waals surface area (Å²) in [6.07, 6.45) is 0. The van der Waals surface area contributed by atoms with E-state index in [-0.39, 0.29) is 16.2 Å². The molecule has 0 unspecified atom stereocenters. The van der Waals surface area contributed by atoms with Gasteiger partial charge in [-0.3, -0.25) is 0 Å². The van der Waals surface area contributed by atoms with Crippen molar-refractivity contribution in [3.05, 3.63) is 337 Å². The fraction of sp³-hybridized carbons (Fsp3) is 0.0909. The fourth-order valence-electron chi connectivity index (χ4n) is 17.6. The zero-order chi connectivity index (χ0) is 72.3. The summed E-state index contributed by atoms with van der Waals surface area (Å²) in [7, 11) is 0. The second-order valence-electron chi connectivity index (χ2n) is 30.4. The highest BCUT2D eigenvalue weighted by Crippen LogP contribution is 2.55. The smallest absolute Gasteiger partial charge is 0.164 e. The quantitative estimate of drug-likeness (QED) is 0.147. The van der Waals surface area contributed by atoms with E-state index in [9.17, 15) is 0 Å². The number of aromatic nitrogens is 6. The Balaban J connectivity index is 0.000000138. The zero-order valence-corrected chi connectivity index (χ0v) is 60.3. The summed E-state index contributed by atoms with van der Waals surface area (Å²) >= 11 is 0. The molecule has 108 heavy (non-hydrogen) atoms. The van der Waals surface area contributed by atoms with Crippen molar-refractivity contribution in [3.8, 4) is 124 Å². The SMILES string of the molecule is CC1(C)c2ccccc2-c2cc3oc4cc(-c5cccc(-c6nc(-c7ccccc7)nc(-c7cccc8c7-c7ccccc7C8(C)C)n6)c5)ccc4c3cc21.CC1(C)c2ccccc2-c2cc3oc4cc(-c5cccc(-c6nc(-c7ccccc7)nc(-c7cccc8oc9ccccc9c78)n6)c5)ccc4c3cc21. The minimum absolute atomic E-state index is 0.0685.